The number of hydrogen-bond acceptors (Lipinski definition) is 3. The molecule has 0 fully saturated rings. The summed E-state index contributed by atoms with van der Waals surface area (Å²) in [6, 6.07) is 17.2. The van der Waals surface area contributed by atoms with Crippen molar-refractivity contribution in [3.05, 3.63) is 87.7 Å². The summed E-state index contributed by atoms with van der Waals surface area (Å²) in [5.41, 5.74) is 11.9. The van der Waals surface area contributed by atoms with Gasteiger partial charge in [0.2, 0.25) is 0 Å². The van der Waals surface area contributed by atoms with E-state index >= 15 is 0 Å². The van der Waals surface area contributed by atoms with Crippen molar-refractivity contribution in [2.75, 3.05) is 0 Å². The first-order valence-corrected chi connectivity index (χ1v) is 12.5. The second-order valence-electron chi connectivity index (χ2n) is 11.8. The molecule has 0 saturated carbocycles. The van der Waals surface area contributed by atoms with Crippen LogP contribution in [0.4, 0.5) is 11.4 Å². The van der Waals surface area contributed by atoms with Crippen LogP contribution >= 0.6 is 0 Å². The standard InChI is InChI=1S/C32H41N3.Fe/c1-20-15-21(2)30(22(3)16-20)34-24(5)29-14-12-13-28(35-29)23(4)33-27-18-25(31(6,7)8)17-26(19-27)32(9,10)11;/h12-19H,1-11H3;. The van der Waals surface area contributed by atoms with Crippen LogP contribution in [0.3, 0.4) is 0 Å². The van der Waals surface area contributed by atoms with Gasteiger partial charge in [-0.05, 0) is 92.0 Å². The third-order valence-corrected chi connectivity index (χ3v) is 6.35. The Bertz CT molecular complexity index is 1250. The van der Waals surface area contributed by atoms with Crippen molar-refractivity contribution in [1.82, 2.24) is 4.98 Å². The molecule has 2 aromatic carbocycles. The molecule has 0 atom stereocenters. The van der Waals surface area contributed by atoms with E-state index in [9.17, 15) is 0 Å². The van der Waals surface area contributed by atoms with E-state index in [0.717, 1.165) is 34.2 Å². The number of aryl methyl sites for hydroxylation is 3. The number of rotatable bonds is 4. The van der Waals surface area contributed by atoms with Gasteiger partial charge in [-0.3, -0.25) is 9.98 Å². The van der Waals surface area contributed by atoms with Gasteiger partial charge in [0.25, 0.3) is 0 Å². The van der Waals surface area contributed by atoms with E-state index in [-0.39, 0.29) is 27.9 Å². The number of nitrogens with zero attached hydrogens (tertiary/aromatic N) is 3. The number of aliphatic imine (C=N–C) groups is 2. The fourth-order valence-corrected chi connectivity index (χ4v) is 4.20. The number of pyridine rings is 1. The molecular formula is C32H41FeN3. The van der Waals surface area contributed by atoms with Gasteiger partial charge >= 0.3 is 0 Å². The summed E-state index contributed by atoms with van der Waals surface area (Å²) in [7, 11) is 0. The van der Waals surface area contributed by atoms with Gasteiger partial charge in [-0.15, -0.1) is 0 Å². The zero-order chi connectivity index (χ0) is 26.1. The Balaban J connectivity index is 0.00000456. The molecule has 4 heteroatoms. The minimum atomic E-state index is 0. The van der Waals surface area contributed by atoms with Crippen LogP contribution in [0, 0.1) is 20.8 Å². The fourth-order valence-electron chi connectivity index (χ4n) is 4.20. The van der Waals surface area contributed by atoms with Crippen LogP contribution in [0.5, 0.6) is 0 Å². The van der Waals surface area contributed by atoms with Crippen molar-refractivity contribution in [2.45, 2.75) is 87.0 Å². The Morgan fingerprint density at radius 3 is 1.56 bits per heavy atom. The maximum absolute atomic E-state index is 5.01. The average molecular weight is 524 g/mol. The number of hydrogen-bond donors (Lipinski definition) is 0. The maximum atomic E-state index is 5.01. The molecule has 0 bridgehead atoms. The molecule has 192 valence electrons. The Morgan fingerprint density at radius 1 is 0.667 bits per heavy atom. The zero-order valence-corrected chi connectivity index (χ0v) is 24.9. The van der Waals surface area contributed by atoms with Crippen LogP contribution in [0.2, 0.25) is 0 Å². The number of aromatic nitrogens is 1. The monoisotopic (exact) mass is 523 g/mol. The van der Waals surface area contributed by atoms with E-state index in [0.29, 0.717) is 0 Å². The SMILES string of the molecule is CC(=Nc1cc(C(C)(C)C)cc(C(C)(C)C)c1)c1cccc(C(C)=Nc2c(C)cc(C)cc2C)n1.[Fe]. The first kappa shape index (κ1) is 29.7. The smallest absolute Gasteiger partial charge is 0.0849 e. The van der Waals surface area contributed by atoms with E-state index in [1.165, 1.54) is 27.8 Å². The van der Waals surface area contributed by atoms with Crippen LogP contribution < -0.4 is 0 Å². The van der Waals surface area contributed by atoms with Crippen LogP contribution in [0.25, 0.3) is 0 Å². The predicted molar refractivity (Wildman–Crippen MR) is 152 cm³/mol. The van der Waals surface area contributed by atoms with Crippen molar-refractivity contribution in [3.63, 3.8) is 0 Å². The molecule has 0 N–H and O–H groups in total. The topological polar surface area (TPSA) is 37.6 Å². The predicted octanol–water partition coefficient (Wildman–Crippen LogP) is 8.88. The third kappa shape index (κ3) is 7.24. The molecule has 0 aliphatic carbocycles. The maximum Gasteiger partial charge on any atom is 0.0849 e. The van der Waals surface area contributed by atoms with E-state index in [1.54, 1.807) is 0 Å². The fraction of sp³-hybridized carbons (Fsp3) is 0.406. The Labute approximate surface area is 229 Å². The summed E-state index contributed by atoms with van der Waals surface area (Å²) >= 11 is 0. The van der Waals surface area contributed by atoms with Crippen molar-refractivity contribution < 1.29 is 17.1 Å². The zero-order valence-electron chi connectivity index (χ0n) is 23.8. The van der Waals surface area contributed by atoms with Crippen molar-refractivity contribution >= 4 is 22.8 Å². The molecule has 0 radical (unpaired) electrons. The molecule has 3 rings (SSSR count). The molecular weight excluding hydrogens is 482 g/mol. The average Bonchev–Trinajstić information content (AvgIpc) is 2.74. The summed E-state index contributed by atoms with van der Waals surface area (Å²) in [6.45, 7) is 23.9. The summed E-state index contributed by atoms with van der Waals surface area (Å²) in [6.07, 6.45) is 0. The molecule has 0 unspecified atom stereocenters. The van der Waals surface area contributed by atoms with Gasteiger partial charge in [-0.2, -0.15) is 0 Å². The van der Waals surface area contributed by atoms with E-state index < -0.39 is 0 Å². The van der Waals surface area contributed by atoms with Gasteiger partial charge in [0.05, 0.1) is 34.2 Å². The van der Waals surface area contributed by atoms with Crippen LogP contribution in [-0.4, -0.2) is 16.4 Å². The summed E-state index contributed by atoms with van der Waals surface area (Å²) in [4.78, 5) is 14.9. The van der Waals surface area contributed by atoms with Gasteiger partial charge in [0.15, 0.2) is 0 Å². The molecule has 0 saturated heterocycles. The van der Waals surface area contributed by atoms with Gasteiger partial charge in [0, 0.05) is 17.1 Å². The molecule has 0 amide bonds. The minimum Gasteiger partial charge on any atom is -0.251 e. The molecule has 1 heterocycles. The molecule has 0 aliphatic heterocycles. The molecule has 1 aromatic heterocycles. The summed E-state index contributed by atoms with van der Waals surface area (Å²) in [5.74, 6) is 0. The number of benzene rings is 2. The molecule has 3 aromatic rings. The molecule has 0 aliphatic rings. The second kappa shape index (κ2) is 11.2. The molecule has 36 heavy (non-hydrogen) atoms. The quantitative estimate of drug-likeness (QED) is 0.249. The largest absolute Gasteiger partial charge is 0.251 e. The van der Waals surface area contributed by atoms with Crippen molar-refractivity contribution in [2.24, 2.45) is 9.98 Å². The summed E-state index contributed by atoms with van der Waals surface area (Å²) < 4.78 is 0. The first-order chi connectivity index (χ1) is 16.1. The van der Waals surface area contributed by atoms with E-state index in [1.807, 2.05) is 32.0 Å². The Morgan fingerprint density at radius 2 is 1.11 bits per heavy atom. The first-order valence-electron chi connectivity index (χ1n) is 12.5. The minimum absolute atomic E-state index is 0. The van der Waals surface area contributed by atoms with Crippen LogP contribution in [-0.2, 0) is 27.9 Å². The van der Waals surface area contributed by atoms with Crippen LogP contribution in [0.15, 0.2) is 58.5 Å². The van der Waals surface area contributed by atoms with E-state index in [4.69, 9.17) is 15.0 Å². The normalized spacial score (nSPS) is 13.0. The summed E-state index contributed by atoms with van der Waals surface area (Å²) in [5, 5.41) is 0. The van der Waals surface area contributed by atoms with Crippen molar-refractivity contribution in [3.8, 4) is 0 Å². The van der Waals surface area contributed by atoms with Gasteiger partial charge in [0.1, 0.15) is 0 Å². The Kier molecular flexibility index (Phi) is 9.26. The van der Waals surface area contributed by atoms with Gasteiger partial charge in [-0.1, -0.05) is 71.4 Å². The third-order valence-electron chi connectivity index (χ3n) is 6.35. The second-order valence-corrected chi connectivity index (χ2v) is 11.8. The molecule has 0 spiro atoms. The van der Waals surface area contributed by atoms with Gasteiger partial charge < -0.3 is 0 Å². The Hall–Kier alpha value is -2.55. The van der Waals surface area contributed by atoms with Gasteiger partial charge in [-0.25, -0.2) is 4.98 Å². The molecule has 3 nitrogen and oxygen atoms in total. The van der Waals surface area contributed by atoms with E-state index in [2.05, 4.69) is 92.6 Å². The van der Waals surface area contributed by atoms with Crippen LogP contribution in [0.1, 0.15) is 94.6 Å². The van der Waals surface area contributed by atoms with Crippen molar-refractivity contribution in [1.29, 1.82) is 0 Å².